The Morgan fingerprint density at radius 3 is 2.56 bits per heavy atom. The van der Waals surface area contributed by atoms with E-state index in [1.54, 1.807) is 11.1 Å². The highest BCUT2D eigenvalue weighted by molar-refractivity contribution is 5.78. The van der Waals surface area contributed by atoms with Crippen molar-refractivity contribution in [2.24, 2.45) is 0 Å². The Morgan fingerprint density at radius 2 is 1.72 bits per heavy atom. The average molecular weight is 490 g/mol. The number of carbonyl (C=O) groups is 1. The quantitative estimate of drug-likeness (QED) is 0.543. The SMILES string of the molecule is O=C(CN1CCCCCCOc2ccccc2Oc2ncccc2C1)N(CCO)Cc1ccccc1. The molecule has 7 nitrogen and oxygen atoms in total. The van der Waals surface area contributed by atoms with Gasteiger partial charge in [-0.2, -0.15) is 0 Å². The molecule has 0 spiro atoms. The number of aromatic nitrogens is 1. The lowest BCUT2D eigenvalue weighted by atomic mass is 10.1. The predicted octanol–water partition coefficient (Wildman–Crippen LogP) is 4.65. The van der Waals surface area contributed by atoms with Gasteiger partial charge in [-0.05, 0) is 43.1 Å². The molecule has 1 aliphatic heterocycles. The monoisotopic (exact) mass is 489 g/mol. The summed E-state index contributed by atoms with van der Waals surface area (Å²) in [5.74, 6) is 1.85. The summed E-state index contributed by atoms with van der Waals surface area (Å²) in [6, 6.07) is 21.4. The zero-order valence-electron chi connectivity index (χ0n) is 20.7. The first kappa shape index (κ1) is 25.7. The molecular weight excluding hydrogens is 454 g/mol. The molecule has 1 aliphatic rings. The second-order valence-corrected chi connectivity index (χ2v) is 9.01. The molecule has 3 aromatic rings. The van der Waals surface area contributed by atoms with E-state index in [2.05, 4.69) is 9.88 Å². The molecule has 0 radical (unpaired) electrons. The number of fused-ring (bicyclic) bond motifs is 2. The number of benzene rings is 2. The summed E-state index contributed by atoms with van der Waals surface area (Å²) >= 11 is 0. The van der Waals surface area contributed by atoms with Crippen LogP contribution in [0.5, 0.6) is 17.4 Å². The Kier molecular flexibility index (Phi) is 9.70. The summed E-state index contributed by atoms with van der Waals surface area (Å²) in [6.07, 6.45) is 5.79. The first-order valence-corrected chi connectivity index (χ1v) is 12.7. The van der Waals surface area contributed by atoms with Crippen LogP contribution >= 0.6 is 0 Å². The molecule has 0 unspecified atom stereocenters. The van der Waals surface area contributed by atoms with Gasteiger partial charge in [0.1, 0.15) is 0 Å². The van der Waals surface area contributed by atoms with Crippen LogP contribution in [0.3, 0.4) is 0 Å². The van der Waals surface area contributed by atoms with Crippen molar-refractivity contribution >= 4 is 5.91 Å². The molecule has 1 amide bonds. The fraction of sp³-hybridized carbons (Fsp3) is 0.379. The molecule has 0 saturated carbocycles. The fourth-order valence-electron chi connectivity index (χ4n) is 4.33. The molecule has 36 heavy (non-hydrogen) atoms. The number of rotatable bonds is 6. The highest BCUT2D eigenvalue weighted by Crippen LogP contribution is 2.32. The Morgan fingerprint density at radius 1 is 0.944 bits per heavy atom. The molecule has 190 valence electrons. The minimum atomic E-state index is -0.0688. The normalized spacial score (nSPS) is 14.9. The van der Waals surface area contributed by atoms with Crippen molar-refractivity contribution < 1.29 is 19.4 Å². The Bertz CT molecular complexity index is 1090. The van der Waals surface area contributed by atoms with Crippen LogP contribution in [0.1, 0.15) is 36.8 Å². The van der Waals surface area contributed by atoms with Gasteiger partial charge in [0.05, 0.1) is 19.8 Å². The van der Waals surface area contributed by atoms with Gasteiger partial charge in [-0.15, -0.1) is 0 Å². The third kappa shape index (κ3) is 7.54. The van der Waals surface area contributed by atoms with Crippen molar-refractivity contribution in [3.05, 3.63) is 84.1 Å². The summed E-state index contributed by atoms with van der Waals surface area (Å²) < 4.78 is 12.2. The topological polar surface area (TPSA) is 75.1 Å². The van der Waals surface area contributed by atoms with Crippen LogP contribution in [0.15, 0.2) is 72.9 Å². The highest BCUT2D eigenvalue weighted by atomic mass is 16.5. The number of para-hydroxylation sites is 2. The van der Waals surface area contributed by atoms with E-state index < -0.39 is 0 Å². The van der Waals surface area contributed by atoms with Crippen LogP contribution < -0.4 is 9.47 Å². The van der Waals surface area contributed by atoms with Crippen LogP contribution in [-0.2, 0) is 17.9 Å². The predicted molar refractivity (Wildman–Crippen MR) is 139 cm³/mol. The maximum absolute atomic E-state index is 13.4. The van der Waals surface area contributed by atoms with Gasteiger partial charge in [0, 0.05) is 31.4 Å². The smallest absolute Gasteiger partial charge is 0.237 e. The van der Waals surface area contributed by atoms with Gasteiger partial charge in [0.25, 0.3) is 0 Å². The number of aliphatic hydroxyl groups excluding tert-OH is 1. The average Bonchev–Trinajstić information content (AvgIpc) is 2.90. The molecule has 2 heterocycles. The van der Waals surface area contributed by atoms with Gasteiger partial charge in [-0.25, -0.2) is 4.98 Å². The molecular formula is C29H35N3O4. The minimum absolute atomic E-state index is 0.000811. The lowest BCUT2D eigenvalue weighted by Crippen LogP contribution is -2.41. The fourth-order valence-corrected chi connectivity index (χ4v) is 4.33. The van der Waals surface area contributed by atoms with Crippen LogP contribution in [0, 0.1) is 0 Å². The van der Waals surface area contributed by atoms with E-state index in [0.29, 0.717) is 43.6 Å². The number of aliphatic hydroxyl groups is 1. The van der Waals surface area contributed by atoms with Crippen molar-refractivity contribution in [1.82, 2.24) is 14.8 Å². The van der Waals surface area contributed by atoms with E-state index >= 15 is 0 Å². The maximum Gasteiger partial charge on any atom is 0.237 e. The molecule has 7 heteroatoms. The number of pyridine rings is 1. The second-order valence-electron chi connectivity index (χ2n) is 9.01. The summed E-state index contributed by atoms with van der Waals surface area (Å²) in [5, 5.41) is 9.60. The van der Waals surface area contributed by atoms with Gasteiger partial charge < -0.3 is 19.5 Å². The van der Waals surface area contributed by atoms with Gasteiger partial charge >= 0.3 is 0 Å². The largest absolute Gasteiger partial charge is 0.490 e. The molecule has 0 bridgehead atoms. The van der Waals surface area contributed by atoms with Gasteiger partial charge in [0.15, 0.2) is 11.5 Å². The van der Waals surface area contributed by atoms with Gasteiger partial charge in [-0.1, -0.05) is 61.4 Å². The van der Waals surface area contributed by atoms with E-state index in [1.807, 2.05) is 66.7 Å². The molecule has 2 aromatic carbocycles. The van der Waals surface area contributed by atoms with Crippen molar-refractivity contribution in [2.75, 3.05) is 32.8 Å². The Balaban J connectivity index is 1.53. The molecule has 4 rings (SSSR count). The van der Waals surface area contributed by atoms with Crippen molar-refractivity contribution in [2.45, 2.75) is 38.8 Å². The highest BCUT2D eigenvalue weighted by Gasteiger charge is 2.20. The van der Waals surface area contributed by atoms with Crippen molar-refractivity contribution in [1.29, 1.82) is 0 Å². The molecule has 0 atom stereocenters. The molecule has 0 aliphatic carbocycles. The van der Waals surface area contributed by atoms with E-state index in [0.717, 1.165) is 43.4 Å². The molecule has 1 aromatic heterocycles. The van der Waals surface area contributed by atoms with E-state index in [-0.39, 0.29) is 19.1 Å². The number of carbonyl (C=O) groups excluding carboxylic acids is 1. The minimum Gasteiger partial charge on any atom is -0.490 e. The number of amides is 1. The summed E-state index contributed by atoms with van der Waals surface area (Å²) in [4.78, 5) is 21.7. The van der Waals surface area contributed by atoms with Gasteiger partial charge in [-0.3, -0.25) is 9.69 Å². The lowest BCUT2D eigenvalue weighted by Gasteiger charge is -2.28. The number of nitrogens with zero attached hydrogens (tertiary/aromatic N) is 3. The van der Waals surface area contributed by atoms with E-state index in [4.69, 9.17) is 9.47 Å². The number of ether oxygens (including phenoxy) is 2. The molecule has 0 saturated heterocycles. The summed E-state index contributed by atoms with van der Waals surface area (Å²) in [5.41, 5.74) is 1.96. The third-order valence-electron chi connectivity index (χ3n) is 6.22. The Labute approximate surface area is 213 Å². The van der Waals surface area contributed by atoms with Crippen LogP contribution in [0.2, 0.25) is 0 Å². The standard InChI is InChI=1S/C29H35N3O4/c33-19-18-32(21-24-11-4-3-5-12-24)28(34)23-31-17-8-1-2-9-20-35-26-14-6-7-15-27(26)36-29-25(22-31)13-10-16-30-29/h3-7,10-16,33H,1-2,8-9,17-23H2. The van der Waals surface area contributed by atoms with Gasteiger partial charge in [0.2, 0.25) is 11.8 Å². The van der Waals surface area contributed by atoms with Crippen molar-refractivity contribution in [3.8, 4) is 17.4 Å². The first-order valence-electron chi connectivity index (χ1n) is 12.7. The number of hydrogen-bond acceptors (Lipinski definition) is 6. The zero-order valence-corrected chi connectivity index (χ0v) is 20.7. The van der Waals surface area contributed by atoms with Crippen LogP contribution in [-0.4, -0.2) is 58.6 Å². The third-order valence-corrected chi connectivity index (χ3v) is 6.22. The number of hydrogen-bond donors (Lipinski definition) is 1. The lowest BCUT2D eigenvalue weighted by molar-refractivity contribution is -0.133. The molecule has 0 fully saturated rings. The van der Waals surface area contributed by atoms with E-state index in [9.17, 15) is 9.90 Å². The molecule has 1 N–H and O–H groups in total. The summed E-state index contributed by atoms with van der Waals surface area (Å²) in [6.45, 7) is 2.94. The van der Waals surface area contributed by atoms with Crippen molar-refractivity contribution in [3.63, 3.8) is 0 Å². The maximum atomic E-state index is 13.4. The Hall–Kier alpha value is -3.42. The summed E-state index contributed by atoms with van der Waals surface area (Å²) in [7, 11) is 0. The zero-order chi connectivity index (χ0) is 25.0. The second kappa shape index (κ2) is 13.6. The van der Waals surface area contributed by atoms with Crippen LogP contribution in [0.25, 0.3) is 0 Å². The van der Waals surface area contributed by atoms with E-state index in [1.165, 1.54) is 0 Å². The first-order chi connectivity index (χ1) is 17.7. The van der Waals surface area contributed by atoms with Crippen LogP contribution in [0.4, 0.5) is 0 Å².